The van der Waals surface area contributed by atoms with Gasteiger partial charge >= 0.3 is 0 Å². The lowest BCUT2D eigenvalue weighted by atomic mass is 10.4. The fraction of sp³-hybridized carbons (Fsp3) is 1.00. The largest absolute Gasteiger partial charge is 0.320 e. The molecule has 1 N–H and O–H groups in total. The zero-order valence-electron chi connectivity index (χ0n) is 11.7. The Morgan fingerprint density at radius 1 is 1.42 bits per heavy atom. The predicted molar refractivity (Wildman–Crippen MR) is 74.9 cm³/mol. The number of rotatable bonds is 6. The van der Waals surface area contributed by atoms with Crippen molar-refractivity contribution in [1.29, 1.82) is 0 Å². The summed E-state index contributed by atoms with van der Waals surface area (Å²) in [6.45, 7) is 2.83. The van der Waals surface area contributed by atoms with Gasteiger partial charge in [-0.15, -0.1) is 0 Å². The molecular weight excluding hydrogens is 290 g/mol. The summed E-state index contributed by atoms with van der Waals surface area (Å²) in [6.07, 6.45) is 0.715. The average molecular weight is 313 g/mol. The quantitative estimate of drug-likeness (QED) is 0.629. The van der Waals surface area contributed by atoms with E-state index >= 15 is 0 Å². The Morgan fingerprint density at radius 3 is 2.58 bits per heavy atom. The van der Waals surface area contributed by atoms with Crippen LogP contribution in [0.4, 0.5) is 0 Å². The normalized spacial score (nSPS) is 24.7. The van der Waals surface area contributed by atoms with Crippen LogP contribution in [0.25, 0.3) is 0 Å². The van der Waals surface area contributed by atoms with Crippen molar-refractivity contribution in [3.63, 3.8) is 0 Å². The molecule has 0 aromatic carbocycles. The summed E-state index contributed by atoms with van der Waals surface area (Å²) < 4.78 is 50.2. The molecule has 1 unspecified atom stereocenters. The van der Waals surface area contributed by atoms with E-state index in [-0.39, 0.29) is 18.1 Å². The van der Waals surface area contributed by atoms with E-state index in [1.165, 1.54) is 15.7 Å². The van der Waals surface area contributed by atoms with Crippen LogP contribution in [0.3, 0.4) is 0 Å². The van der Waals surface area contributed by atoms with Crippen LogP contribution in [0.2, 0.25) is 0 Å². The maximum absolute atomic E-state index is 12.3. The SMILES string of the molecule is CNCCCN(C)S(=O)(=O)N1CCS(=O)(=O)CC1C. The Balaban J connectivity index is 2.72. The van der Waals surface area contributed by atoms with E-state index in [0.29, 0.717) is 13.0 Å². The van der Waals surface area contributed by atoms with Gasteiger partial charge < -0.3 is 5.32 Å². The van der Waals surface area contributed by atoms with Crippen LogP contribution < -0.4 is 5.32 Å². The first kappa shape index (κ1) is 16.8. The third-order valence-corrected chi connectivity index (χ3v) is 7.10. The van der Waals surface area contributed by atoms with Crippen LogP contribution in [0.1, 0.15) is 13.3 Å². The van der Waals surface area contributed by atoms with Gasteiger partial charge in [-0.05, 0) is 26.9 Å². The molecule has 0 aromatic heterocycles. The van der Waals surface area contributed by atoms with Gasteiger partial charge in [0.15, 0.2) is 9.84 Å². The molecule has 0 saturated carbocycles. The monoisotopic (exact) mass is 313 g/mol. The molecule has 1 heterocycles. The van der Waals surface area contributed by atoms with E-state index in [1.54, 1.807) is 6.92 Å². The Kier molecular flexibility index (Phi) is 5.75. The topological polar surface area (TPSA) is 86.8 Å². The first-order chi connectivity index (χ1) is 8.70. The number of nitrogens with zero attached hydrogens (tertiary/aromatic N) is 2. The second-order valence-corrected chi connectivity index (χ2v) is 9.08. The van der Waals surface area contributed by atoms with E-state index in [1.807, 2.05) is 7.05 Å². The molecule has 0 aliphatic carbocycles. The summed E-state index contributed by atoms with van der Waals surface area (Å²) in [5, 5.41) is 2.96. The number of hydrogen-bond donors (Lipinski definition) is 1. The molecule has 0 aromatic rings. The number of nitrogens with one attached hydrogen (secondary N) is 1. The summed E-state index contributed by atoms with van der Waals surface area (Å²) in [6, 6.07) is -0.504. The van der Waals surface area contributed by atoms with Crippen LogP contribution in [-0.2, 0) is 20.0 Å². The Bertz CT molecular complexity index is 489. The van der Waals surface area contributed by atoms with E-state index in [4.69, 9.17) is 0 Å². The highest BCUT2D eigenvalue weighted by Gasteiger charge is 2.37. The Labute approximate surface area is 116 Å². The van der Waals surface area contributed by atoms with Gasteiger partial charge in [0.2, 0.25) is 0 Å². The minimum atomic E-state index is -3.57. The van der Waals surface area contributed by atoms with Crippen molar-refractivity contribution in [2.75, 3.05) is 45.2 Å². The van der Waals surface area contributed by atoms with Crippen molar-refractivity contribution in [1.82, 2.24) is 13.9 Å². The van der Waals surface area contributed by atoms with Crippen molar-refractivity contribution in [2.45, 2.75) is 19.4 Å². The second-order valence-electron chi connectivity index (χ2n) is 4.86. The number of hydrogen-bond acceptors (Lipinski definition) is 5. The van der Waals surface area contributed by atoms with Gasteiger partial charge in [0.25, 0.3) is 10.2 Å². The molecule has 9 heteroatoms. The highest BCUT2D eigenvalue weighted by Crippen LogP contribution is 2.17. The van der Waals surface area contributed by atoms with Crippen LogP contribution in [0, 0.1) is 0 Å². The molecule has 19 heavy (non-hydrogen) atoms. The second kappa shape index (κ2) is 6.49. The van der Waals surface area contributed by atoms with E-state index in [9.17, 15) is 16.8 Å². The fourth-order valence-electron chi connectivity index (χ4n) is 2.10. The van der Waals surface area contributed by atoms with Crippen molar-refractivity contribution in [3.05, 3.63) is 0 Å². The minimum Gasteiger partial charge on any atom is -0.320 e. The first-order valence-electron chi connectivity index (χ1n) is 6.29. The minimum absolute atomic E-state index is 0.0439. The van der Waals surface area contributed by atoms with Crippen LogP contribution in [0.5, 0.6) is 0 Å². The molecule has 1 aliphatic rings. The molecule has 114 valence electrons. The van der Waals surface area contributed by atoms with Gasteiger partial charge in [0, 0.05) is 26.2 Å². The fourth-order valence-corrected chi connectivity index (χ4v) is 5.43. The maximum Gasteiger partial charge on any atom is 0.282 e. The van der Waals surface area contributed by atoms with Gasteiger partial charge in [0.05, 0.1) is 11.5 Å². The molecule has 0 bridgehead atoms. The lowest BCUT2D eigenvalue weighted by Gasteiger charge is -2.34. The van der Waals surface area contributed by atoms with Gasteiger partial charge in [0.1, 0.15) is 0 Å². The summed E-state index contributed by atoms with van der Waals surface area (Å²) in [4.78, 5) is 0. The third-order valence-electron chi connectivity index (χ3n) is 3.20. The standard InChI is InChI=1S/C10H23N3O4S2/c1-10-9-18(14,15)8-7-13(10)19(16,17)12(3)6-4-5-11-2/h10-11H,4-9H2,1-3H3. The molecule has 0 spiro atoms. The van der Waals surface area contributed by atoms with E-state index in [0.717, 1.165) is 6.54 Å². The average Bonchev–Trinajstić information content (AvgIpc) is 2.27. The van der Waals surface area contributed by atoms with E-state index in [2.05, 4.69) is 5.32 Å². The van der Waals surface area contributed by atoms with Gasteiger partial charge in [-0.2, -0.15) is 17.0 Å². The summed E-state index contributed by atoms with van der Waals surface area (Å²) in [5.74, 6) is -0.197. The van der Waals surface area contributed by atoms with Crippen LogP contribution in [-0.4, -0.2) is 76.7 Å². The number of sulfone groups is 1. The molecule has 0 amide bonds. The molecule has 1 rings (SSSR count). The van der Waals surface area contributed by atoms with Crippen molar-refractivity contribution in [2.24, 2.45) is 0 Å². The predicted octanol–water partition coefficient (Wildman–Crippen LogP) is -1.11. The molecule has 1 atom stereocenters. The van der Waals surface area contributed by atoms with Gasteiger partial charge in [-0.25, -0.2) is 8.42 Å². The highest BCUT2D eigenvalue weighted by atomic mass is 32.2. The van der Waals surface area contributed by atoms with Crippen LogP contribution in [0.15, 0.2) is 0 Å². The van der Waals surface area contributed by atoms with Crippen molar-refractivity contribution >= 4 is 20.0 Å². The summed E-state index contributed by atoms with van der Waals surface area (Å²) in [5.41, 5.74) is 0. The third kappa shape index (κ3) is 4.38. The Hall–Kier alpha value is -0.220. The van der Waals surface area contributed by atoms with Crippen molar-refractivity contribution in [3.8, 4) is 0 Å². The van der Waals surface area contributed by atoms with E-state index < -0.39 is 26.1 Å². The summed E-state index contributed by atoms with van der Waals surface area (Å²) in [7, 11) is -3.33. The lowest BCUT2D eigenvalue weighted by molar-refractivity contribution is 0.319. The lowest BCUT2D eigenvalue weighted by Crippen LogP contribution is -2.53. The molecule has 1 aliphatic heterocycles. The molecular formula is C10H23N3O4S2. The maximum atomic E-state index is 12.3. The highest BCUT2D eigenvalue weighted by molar-refractivity contribution is 7.91. The molecule has 1 saturated heterocycles. The van der Waals surface area contributed by atoms with Crippen molar-refractivity contribution < 1.29 is 16.8 Å². The first-order valence-corrected chi connectivity index (χ1v) is 9.50. The zero-order valence-corrected chi connectivity index (χ0v) is 13.3. The molecule has 1 fully saturated rings. The zero-order chi connectivity index (χ0) is 14.7. The molecule has 7 nitrogen and oxygen atoms in total. The van der Waals surface area contributed by atoms with Crippen LogP contribution >= 0.6 is 0 Å². The summed E-state index contributed by atoms with van der Waals surface area (Å²) >= 11 is 0. The van der Waals surface area contributed by atoms with Gasteiger partial charge in [-0.3, -0.25) is 0 Å². The van der Waals surface area contributed by atoms with Gasteiger partial charge in [-0.1, -0.05) is 0 Å². The Morgan fingerprint density at radius 2 is 2.05 bits per heavy atom. The smallest absolute Gasteiger partial charge is 0.282 e. The molecule has 0 radical (unpaired) electrons.